The van der Waals surface area contributed by atoms with E-state index in [9.17, 15) is 4.79 Å². The van der Waals surface area contributed by atoms with Gasteiger partial charge in [-0.05, 0) is 69.4 Å². The smallest absolute Gasteiger partial charge is 0.335 e. The summed E-state index contributed by atoms with van der Waals surface area (Å²) in [5, 5.41) is 3.81. The molecule has 132 valence electrons. The van der Waals surface area contributed by atoms with Gasteiger partial charge in [0.05, 0.1) is 0 Å². The van der Waals surface area contributed by atoms with Gasteiger partial charge in [0.15, 0.2) is 0 Å². The largest absolute Gasteiger partial charge is 0.455 e. The van der Waals surface area contributed by atoms with Crippen molar-refractivity contribution in [3.05, 3.63) is 23.3 Å². The van der Waals surface area contributed by atoms with Crippen molar-refractivity contribution >= 4 is 5.97 Å². The first kappa shape index (κ1) is 16.4. The van der Waals surface area contributed by atoms with E-state index in [1.807, 2.05) is 6.92 Å². The number of hydrogen-bond acceptors (Lipinski definition) is 3. The standard InChI is InChI=1S/C21H31NO2/c1-13-6-5-9-19(22-13)17-11-10-15-7-3-4-8-16(15)20(17)18-12-14(2)24-21(18)23/h11-16,19-20,22H,3-10H2,1-2H3/t13-,14-,15+,16-,19-,20+/m0/s1. The number of cyclic esters (lactones) is 1. The van der Waals surface area contributed by atoms with Gasteiger partial charge in [-0.15, -0.1) is 0 Å². The molecule has 0 radical (unpaired) electrons. The van der Waals surface area contributed by atoms with Gasteiger partial charge < -0.3 is 10.1 Å². The predicted octanol–water partition coefficient (Wildman–Crippen LogP) is 4.14. The summed E-state index contributed by atoms with van der Waals surface area (Å²) >= 11 is 0. The second kappa shape index (κ2) is 6.67. The fraction of sp³-hybridized carbons (Fsp3) is 0.762. The van der Waals surface area contributed by atoms with Gasteiger partial charge in [-0.1, -0.05) is 25.3 Å². The van der Waals surface area contributed by atoms with Crippen LogP contribution >= 0.6 is 0 Å². The van der Waals surface area contributed by atoms with Gasteiger partial charge in [0, 0.05) is 23.6 Å². The monoisotopic (exact) mass is 329 g/mol. The van der Waals surface area contributed by atoms with Crippen LogP contribution in [0, 0.1) is 17.8 Å². The van der Waals surface area contributed by atoms with E-state index in [1.165, 1.54) is 56.9 Å². The van der Waals surface area contributed by atoms with Crippen LogP contribution in [-0.4, -0.2) is 24.2 Å². The van der Waals surface area contributed by atoms with Gasteiger partial charge >= 0.3 is 5.97 Å². The zero-order valence-electron chi connectivity index (χ0n) is 15.1. The third kappa shape index (κ3) is 2.96. The van der Waals surface area contributed by atoms with Crippen LogP contribution < -0.4 is 5.32 Å². The lowest BCUT2D eigenvalue weighted by Crippen LogP contribution is -2.46. The van der Waals surface area contributed by atoms with Gasteiger partial charge in [0.2, 0.25) is 0 Å². The topological polar surface area (TPSA) is 38.3 Å². The average molecular weight is 329 g/mol. The predicted molar refractivity (Wildman–Crippen MR) is 95.5 cm³/mol. The first-order chi connectivity index (χ1) is 11.6. The number of nitrogens with one attached hydrogen (secondary N) is 1. The summed E-state index contributed by atoms with van der Waals surface area (Å²) in [4.78, 5) is 12.5. The van der Waals surface area contributed by atoms with E-state index in [0.717, 1.165) is 11.5 Å². The van der Waals surface area contributed by atoms with E-state index in [-0.39, 0.29) is 12.1 Å². The highest BCUT2D eigenvalue weighted by molar-refractivity contribution is 5.92. The molecule has 1 N–H and O–H groups in total. The molecule has 3 nitrogen and oxygen atoms in total. The van der Waals surface area contributed by atoms with Crippen LogP contribution in [0.5, 0.6) is 0 Å². The molecule has 0 unspecified atom stereocenters. The highest BCUT2D eigenvalue weighted by Crippen LogP contribution is 2.49. The Morgan fingerprint density at radius 2 is 1.92 bits per heavy atom. The van der Waals surface area contributed by atoms with Crippen molar-refractivity contribution in [2.45, 2.75) is 83.4 Å². The number of piperidine rings is 1. The minimum absolute atomic E-state index is 0.0593. The number of allylic oxidation sites excluding steroid dienone is 1. The van der Waals surface area contributed by atoms with E-state index in [0.29, 0.717) is 23.9 Å². The molecule has 0 bridgehead atoms. The Balaban J connectivity index is 1.68. The zero-order chi connectivity index (χ0) is 16.7. The van der Waals surface area contributed by atoms with Crippen molar-refractivity contribution in [1.29, 1.82) is 0 Å². The highest BCUT2D eigenvalue weighted by atomic mass is 16.5. The van der Waals surface area contributed by atoms with Crippen molar-refractivity contribution in [3.8, 4) is 0 Å². The maximum Gasteiger partial charge on any atom is 0.335 e. The van der Waals surface area contributed by atoms with Crippen molar-refractivity contribution in [2.24, 2.45) is 17.8 Å². The van der Waals surface area contributed by atoms with E-state index in [2.05, 4.69) is 24.4 Å². The summed E-state index contributed by atoms with van der Waals surface area (Å²) < 4.78 is 5.48. The van der Waals surface area contributed by atoms with Crippen LogP contribution in [-0.2, 0) is 9.53 Å². The van der Waals surface area contributed by atoms with Crippen LogP contribution in [0.4, 0.5) is 0 Å². The molecule has 2 heterocycles. The molecule has 2 fully saturated rings. The summed E-state index contributed by atoms with van der Waals surface area (Å²) in [6.07, 6.45) is 14.8. The quantitative estimate of drug-likeness (QED) is 0.611. The molecule has 0 spiro atoms. The zero-order valence-corrected chi connectivity index (χ0v) is 15.1. The normalized spacial score (nSPS) is 42.8. The minimum atomic E-state index is -0.0616. The van der Waals surface area contributed by atoms with Crippen LogP contribution in [0.3, 0.4) is 0 Å². The van der Waals surface area contributed by atoms with Gasteiger partial charge in [-0.3, -0.25) is 0 Å². The van der Waals surface area contributed by atoms with E-state index in [1.54, 1.807) is 0 Å². The third-order valence-electron chi connectivity index (χ3n) is 6.71. The maximum atomic E-state index is 12.5. The highest BCUT2D eigenvalue weighted by Gasteiger charge is 2.44. The third-order valence-corrected chi connectivity index (χ3v) is 6.71. The van der Waals surface area contributed by atoms with Gasteiger partial charge in [0.25, 0.3) is 0 Å². The molecule has 0 amide bonds. The molecule has 24 heavy (non-hydrogen) atoms. The molecule has 4 aliphatic rings. The maximum absolute atomic E-state index is 12.5. The minimum Gasteiger partial charge on any atom is -0.455 e. The Kier molecular flexibility index (Phi) is 4.55. The molecule has 2 aliphatic heterocycles. The van der Waals surface area contributed by atoms with Crippen molar-refractivity contribution in [3.63, 3.8) is 0 Å². The van der Waals surface area contributed by atoms with Crippen molar-refractivity contribution < 1.29 is 9.53 Å². The van der Waals surface area contributed by atoms with Crippen LogP contribution in [0.2, 0.25) is 0 Å². The van der Waals surface area contributed by atoms with Crippen LogP contribution in [0.15, 0.2) is 23.3 Å². The number of ether oxygens (including phenoxy) is 1. The van der Waals surface area contributed by atoms with Gasteiger partial charge in [0.1, 0.15) is 6.10 Å². The molecular weight excluding hydrogens is 298 g/mol. The Morgan fingerprint density at radius 3 is 2.67 bits per heavy atom. The molecule has 1 saturated carbocycles. The molecule has 4 rings (SSSR count). The first-order valence-corrected chi connectivity index (χ1v) is 10.0. The second-order valence-corrected chi connectivity index (χ2v) is 8.41. The van der Waals surface area contributed by atoms with Crippen LogP contribution in [0.25, 0.3) is 0 Å². The lowest BCUT2D eigenvalue weighted by atomic mass is 9.61. The van der Waals surface area contributed by atoms with Gasteiger partial charge in [-0.2, -0.15) is 0 Å². The Morgan fingerprint density at radius 1 is 1.08 bits per heavy atom. The molecule has 1 saturated heterocycles. The summed E-state index contributed by atoms with van der Waals surface area (Å²) in [6, 6.07) is 1.03. The molecule has 2 aliphatic carbocycles. The lowest BCUT2D eigenvalue weighted by Gasteiger charge is -2.45. The molecular formula is C21H31NO2. The first-order valence-electron chi connectivity index (χ1n) is 10.0. The molecule has 6 atom stereocenters. The van der Waals surface area contributed by atoms with Gasteiger partial charge in [-0.25, -0.2) is 4.79 Å². The van der Waals surface area contributed by atoms with Crippen LogP contribution in [0.1, 0.15) is 65.2 Å². The summed E-state index contributed by atoms with van der Waals surface area (Å²) in [5.74, 6) is 1.64. The van der Waals surface area contributed by atoms with Crippen molar-refractivity contribution in [2.75, 3.05) is 0 Å². The molecule has 0 aromatic rings. The molecule has 0 aromatic carbocycles. The average Bonchev–Trinajstić information content (AvgIpc) is 2.92. The number of carbonyl (C=O) groups is 1. The van der Waals surface area contributed by atoms with Crippen molar-refractivity contribution in [1.82, 2.24) is 5.32 Å². The Hall–Kier alpha value is -1.09. The number of carbonyl (C=O) groups excluding carboxylic acids is 1. The van der Waals surface area contributed by atoms with E-state index >= 15 is 0 Å². The van der Waals surface area contributed by atoms with E-state index < -0.39 is 0 Å². The number of hydrogen-bond donors (Lipinski definition) is 1. The summed E-state index contributed by atoms with van der Waals surface area (Å²) in [5.41, 5.74) is 2.47. The molecule has 3 heteroatoms. The number of esters is 1. The SMILES string of the molecule is C[C@H]1CCC[C@@H](C2=CC[C@H]3CCCC[C@@H]3[C@H]2C2=C[C@H](C)OC2=O)N1. The number of rotatable bonds is 2. The fourth-order valence-corrected chi connectivity index (χ4v) is 5.62. The summed E-state index contributed by atoms with van der Waals surface area (Å²) in [6.45, 7) is 4.27. The summed E-state index contributed by atoms with van der Waals surface area (Å²) in [7, 11) is 0. The number of fused-ring (bicyclic) bond motifs is 1. The lowest BCUT2D eigenvalue weighted by molar-refractivity contribution is -0.139. The fourth-order valence-electron chi connectivity index (χ4n) is 5.62. The Bertz CT molecular complexity index is 564. The molecule has 0 aromatic heterocycles. The van der Waals surface area contributed by atoms with E-state index in [4.69, 9.17) is 4.74 Å². The Labute approximate surface area is 145 Å². The second-order valence-electron chi connectivity index (χ2n) is 8.41.